The van der Waals surface area contributed by atoms with Crippen LogP contribution in [-0.4, -0.2) is 158 Å². The first kappa shape index (κ1) is 68.3. The number of fused-ring (bicyclic) bond motifs is 1. The van der Waals surface area contributed by atoms with Crippen LogP contribution in [0, 0.1) is 11.8 Å². The molecule has 0 heterocycles. The topological polar surface area (TPSA) is 437 Å². The Morgan fingerprint density at radius 2 is 0.904 bits per heavy atom. The molecule has 0 radical (unpaired) electrons. The lowest BCUT2D eigenvalue weighted by molar-refractivity contribution is -0.142. The van der Waals surface area contributed by atoms with E-state index in [9.17, 15) is 82.8 Å². The number of nitrogens with two attached hydrogens (primary N) is 1. The van der Waals surface area contributed by atoms with Crippen molar-refractivity contribution >= 4 is 87.8 Å². The number of aliphatic hydroxyl groups excluding tert-OH is 1. The second-order valence-electron chi connectivity index (χ2n) is 20.8. The number of carbonyl (C=O) groups excluding carboxylic acids is 10. The summed E-state index contributed by atoms with van der Waals surface area (Å²) in [7, 11) is 0. The second-order valence-corrected chi connectivity index (χ2v) is 20.8. The van der Waals surface area contributed by atoms with Gasteiger partial charge in [0.25, 0.3) is 0 Å². The lowest BCUT2D eigenvalue weighted by Gasteiger charge is -2.27. The highest BCUT2D eigenvalue weighted by Crippen LogP contribution is 2.18. The second kappa shape index (κ2) is 33.7. The molecule has 27 heteroatoms. The van der Waals surface area contributed by atoms with Crippen LogP contribution in [0.5, 0.6) is 0 Å². The Bertz CT molecular complexity index is 2810. The Balaban J connectivity index is 1.91. The number of amides is 10. The van der Waals surface area contributed by atoms with Crippen LogP contribution in [0.25, 0.3) is 10.8 Å². The number of benzene rings is 3. The summed E-state index contributed by atoms with van der Waals surface area (Å²) in [4.78, 5) is 170. The molecule has 3 aromatic carbocycles. The molecule has 0 aliphatic carbocycles. The third-order valence-electron chi connectivity index (χ3n) is 12.6. The monoisotopic (exact) mass is 1160 g/mol. The number of aliphatic hydroxyl groups is 1. The highest BCUT2D eigenvalue weighted by Gasteiger charge is 2.36. The summed E-state index contributed by atoms with van der Waals surface area (Å²) in [5.74, 6) is -14.5. The number of carboxylic acids is 3. The van der Waals surface area contributed by atoms with Crippen molar-refractivity contribution in [3.05, 3.63) is 83.9 Å². The van der Waals surface area contributed by atoms with Crippen LogP contribution >= 0.6 is 0 Å². The van der Waals surface area contributed by atoms with Crippen molar-refractivity contribution in [2.75, 3.05) is 6.54 Å². The molecular weight excluding hydrogens is 1080 g/mol. The maximum atomic E-state index is 14.4. The molecule has 0 aliphatic rings. The van der Waals surface area contributed by atoms with Crippen molar-refractivity contribution in [2.24, 2.45) is 17.6 Å². The summed E-state index contributed by atoms with van der Waals surface area (Å²) < 4.78 is 0. The molecule has 0 unspecified atom stereocenters. The fraction of sp³-hybridized carbons (Fsp3) is 0.482. The van der Waals surface area contributed by atoms with Gasteiger partial charge in [0.1, 0.15) is 48.3 Å². The van der Waals surface area contributed by atoms with E-state index in [2.05, 4.69) is 47.9 Å². The average molecular weight is 1160 g/mol. The quantitative estimate of drug-likeness (QED) is 0.0329. The lowest BCUT2D eigenvalue weighted by atomic mass is 9.99. The Labute approximate surface area is 478 Å². The Morgan fingerprint density at radius 3 is 1.42 bits per heavy atom. The molecule has 3 aromatic rings. The Hall–Kier alpha value is -9.01. The van der Waals surface area contributed by atoms with Crippen LogP contribution in [0.4, 0.5) is 0 Å². The number of hydrogen-bond acceptors (Lipinski definition) is 14. The van der Waals surface area contributed by atoms with Crippen LogP contribution in [0.15, 0.2) is 72.8 Å². The van der Waals surface area contributed by atoms with Crippen molar-refractivity contribution in [2.45, 2.75) is 154 Å². The molecule has 15 N–H and O–H groups in total. The fourth-order valence-corrected chi connectivity index (χ4v) is 8.54. The van der Waals surface area contributed by atoms with Crippen molar-refractivity contribution in [3.63, 3.8) is 0 Å². The molecule has 0 saturated carbocycles. The van der Waals surface area contributed by atoms with Crippen LogP contribution < -0.4 is 53.6 Å². The molecule has 0 spiro atoms. The number of hydrogen-bond donors (Lipinski definition) is 14. The molecule has 0 aromatic heterocycles. The van der Waals surface area contributed by atoms with Gasteiger partial charge in [-0.1, -0.05) is 100 Å². The standard InChI is InChI=1S/C56H76N10O17/c1-29(2)22-39(49(57)76)62-53(80)41(25-33-12-8-7-9-13-33)63-50(77)37(18-20-45(70)71)60-44(69)28-58-56(83)48(31(5)67)66-55(82)42(26-34-16-17-35-14-10-11-15-36(35)24-34)64-51(78)38(19-21-46(72)73)61-54(81)43(27-47(74)75)65-52(79)40(23-30(3)4)59-32(6)68/h7-17,24,29-31,37-43,48,67H,18-23,25-28H2,1-6H3,(H2,57,76)(H,58,83)(H,59,68)(H,60,69)(H,61,81)(H,62,80)(H,63,77)(H,64,78)(H,65,79)(H,66,82)(H,70,71)(H,72,73)(H,74,75)/t31-,37+,38+,39+,40+,41+,42+,43+,48+/m1/s1. The van der Waals surface area contributed by atoms with E-state index in [-0.39, 0.29) is 37.5 Å². The normalized spacial score (nSPS) is 14.3. The largest absolute Gasteiger partial charge is 0.481 e. The van der Waals surface area contributed by atoms with E-state index >= 15 is 0 Å². The van der Waals surface area contributed by atoms with Crippen molar-refractivity contribution < 1.29 is 82.8 Å². The van der Waals surface area contributed by atoms with Gasteiger partial charge in [0.2, 0.25) is 59.1 Å². The molecule has 452 valence electrons. The Kier molecular flexibility index (Phi) is 27.7. The summed E-state index contributed by atoms with van der Waals surface area (Å²) in [5, 5.41) is 62.6. The van der Waals surface area contributed by atoms with E-state index in [1.165, 1.54) is 0 Å². The number of aliphatic carboxylic acids is 3. The van der Waals surface area contributed by atoms with Gasteiger partial charge in [0.05, 0.1) is 19.1 Å². The van der Waals surface area contributed by atoms with Gasteiger partial charge < -0.3 is 74.0 Å². The van der Waals surface area contributed by atoms with Gasteiger partial charge in [-0.3, -0.25) is 62.3 Å². The number of carboxylic acid groups (broad SMARTS) is 3. The molecule has 10 amide bonds. The fourth-order valence-electron chi connectivity index (χ4n) is 8.54. The van der Waals surface area contributed by atoms with Gasteiger partial charge in [0, 0.05) is 32.6 Å². The predicted molar refractivity (Wildman–Crippen MR) is 298 cm³/mol. The maximum absolute atomic E-state index is 14.4. The minimum absolute atomic E-state index is 0.0742. The van der Waals surface area contributed by atoms with Gasteiger partial charge in [-0.25, -0.2) is 0 Å². The molecule has 27 nitrogen and oxygen atoms in total. The third kappa shape index (κ3) is 24.7. The zero-order chi connectivity index (χ0) is 62.1. The van der Waals surface area contributed by atoms with Crippen molar-refractivity contribution in [1.82, 2.24) is 47.9 Å². The summed E-state index contributed by atoms with van der Waals surface area (Å²) in [6.07, 6.45) is -5.47. The molecule has 0 saturated heterocycles. The van der Waals surface area contributed by atoms with Crippen molar-refractivity contribution in [3.8, 4) is 0 Å². The number of nitrogens with one attached hydrogen (secondary N) is 9. The van der Waals surface area contributed by atoms with Crippen LogP contribution in [0.2, 0.25) is 0 Å². The minimum atomic E-state index is -1.88. The zero-order valence-corrected chi connectivity index (χ0v) is 47.0. The SMILES string of the molecule is CC(=O)N[C@@H](CC(C)C)C(=O)N[C@@H](CC(=O)O)C(=O)N[C@@H](CCC(=O)O)C(=O)N[C@@H](Cc1ccc2ccccc2c1)C(=O)N[C@H](C(=O)NCC(=O)N[C@@H](CCC(=O)O)C(=O)N[C@@H](Cc1ccccc1)C(=O)N[C@@H](CC(C)C)C(N)=O)[C@@H](C)O. The summed E-state index contributed by atoms with van der Waals surface area (Å²) in [6.45, 7) is 8.40. The van der Waals surface area contributed by atoms with E-state index in [0.717, 1.165) is 19.2 Å². The van der Waals surface area contributed by atoms with E-state index in [1.54, 1.807) is 94.4 Å². The zero-order valence-electron chi connectivity index (χ0n) is 47.0. The molecule has 0 bridgehead atoms. The minimum Gasteiger partial charge on any atom is -0.481 e. The molecule has 3 rings (SSSR count). The van der Waals surface area contributed by atoms with Gasteiger partial charge >= 0.3 is 17.9 Å². The van der Waals surface area contributed by atoms with Gasteiger partial charge in [-0.2, -0.15) is 0 Å². The molecule has 9 atom stereocenters. The highest BCUT2D eigenvalue weighted by atomic mass is 16.4. The Morgan fingerprint density at radius 1 is 0.458 bits per heavy atom. The van der Waals surface area contributed by atoms with E-state index in [1.807, 2.05) is 6.07 Å². The molecule has 0 fully saturated rings. The number of primary amides is 1. The van der Waals surface area contributed by atoms with E-state index in [4.69, 9.17) is 5.73 Å². The first-order valence-electron chi connectivity index (χ1n) is 26.8. The van der Waals surface area contributed by atoms with E-state index in [0.29, 0.717) is 16.5 Å². The maximum Gasteiger partial charge on any atom is 0.305 e. The summed E-state index contributed by atoms with van der Waals surface area (Å²) >= 11 is 0. The first-order chi connectivity index (χ1) is 39.0. The first-order valence-corrected chi connectivity index (χ1v) is 26.8. The van der Waals surface area contributed by atoms with Gasteiger partial charge in [-0.05, 0) is 66.3 Å². The summed E-state index contributed by atoms with van der Waals surface area (Å²) in [5.41, 5.74) is 6.56. The lowest BCUT2D eigenvalue weighted by Crippen LogP contribution is -2.61. The van der Waals surface area contributed by atoms with Crippen LogP contribution in [-0.2, 0) is 75.2 Å². The van der Waals surface area contributed by atoms with Crippen molar-refractivity contribution in [1.29, 1.82) is 0 Å². The molecule has 0 aliphatic heterocycles. The third-order valence-corrected chi connectivity index (χ3v) is 12.6. The summed E-state index contributed by atoms with van der Waals surface area (Å²) in [6, 6.07) is 7.99. The molecular formula is C56H76N10O17. The van der Waals surface area contributed by atoms with Crippen LogP contribution in [0.3, 0.4) is 0 Å². The van der Waals surface area contributed by atoms with Crippen LogP contribution in [0.1, 0.15) is 97.6 Å². The van der Waals surface area contributed by atoms with Gasteiger partial charge in [0.15, 0.2) is 0 Å². The predicted octanol–water partition coefficient (Wildman–Crippen LogP) is -1.20. The molecule has 83 heavy (non-hydrogen) atoms. The number of rotatable bonds is 35. The average Bonchev–Trinajstić information content (AvgIpc) is 3.49. The number of carbonyl (C=O) groups is 13. The van der Waals surface area contributed by atoms with Gasteiger partial charge in [-0.15, -0.1) is 0 Å². The van der Waals surface area contributed by atoms with E-state index < -0.39 is 170 Å². The highest BCUT2D eigenvalue weighted by molar-refractivity contribution is 5.99. The smallest absolute Gasteiger partial charge is 0.305 e.